The van der Waals surface area contributed by atoms with Crippen molar-refractivity contribution in [3.63, 3.8) is 0 Å². The molecule has 0 unspecified atom stereocenters. The summed E-state index contributed by atoms with van der Waals surface area (Å²) in [6.07, 6.45) is 0. The van der Waals surface area contributed by atoms with E-state index in [-0.39, 0.29) is 0 Å². The quantitative estimate of drug-likeness (QED) is 0.214. The number of benzene rings is 1. The predicted molar refractivity (Wildman–Crippen MR) is 177 cm³/mol. The van der Waals surface area contributed by atoms with Gasteiger partial charge in [-0.05, 0) is 99.5 Å². The third-order valence-corrected chi connectivity index (χ3v) is 7.86. The van der Waals surface area contributed by atoms with Crippen molar-refractivity contribution in [2.75, 3.05) is 0 Å². The van der Waals surface area contributed by atoms with Crippen LogP contribution in [0.5, 0.6) is 0 Å². The number of hydrogen-bond donors (Lipinski definition) is 0. The molecule has 0 saturated heterocycles. The number of nitrogens with zero attached hydrogens (tertiary/aromatic N) is 3. The van der Waals surface area contributed by atoms with Crippen LogP contribution in [0.3, 0.4) is 0 Å². The smallest absolute Gasteiger partial charge is 0.0538 e. The lowest BCUT2D eigenvalue weighted by Gasteiger charge is -2.10. The second kappa shape index (κ2) is 10.1. The molecule has 6 aliphatic carbocycles. The fraction of sp³-hybridized carbons (Fsp3) is 0. The first kappa shape index (κ1) is 24.8. The molecule has 42 heavy (non-hydrogen) atoms. The molecule has 0 fully saturated rings. The van der Waals surface area contributed by atoms with Gasteiger partial charge in [-0.2, -0.15) is 0 Å². The molecular formula is C39H24N3+3. The third-order valence-electron chi connectivity index (χ3n) is 7.86. The van der Waals surface area contributed by atoms with Gasteiger partial charge < -0.3 is 0 Å². The van der Waals surface area contributed by atoms with Crippen molar-refractivity contribution in [2.24, 2.45) is 0 Å². The van der Waals surface area contributed by atoms with Crippen molar-refractivity contribution in [3.05, 3.63) is 142 Å². The van der Waals surface area contributed by atoms with Gasteiger partial charge in [0.15, 0.2) is 0 Å². The van der Waals surface area contributed by atoms with Crippen LogP contribution >= 0.6 is 0 Å². The van der Waals surface area contributed by atoms with Gasteiger partial charge in [0.1, 0.15) is 0 Å². The first-order chi connectivity index (χ1) is 20.6. The Morgan fingerprint density at radius 2 is 0.429 bits per heavy atom. The SMILES string of the molecule is C#[N+]c1cc2ccc(-c3cc(-c4ccc5cc([N+]#C)cc-5cc4)cc(-c4ccc5cc([N+]#C)cc-5cc4)c3)ccc-2c1. The molecule has 192 valence electrons. The molecule has 0 radical (unpaired) electrons. The largest absolute Gasteiger partial charge is 0.341 e. The van der Waals surface area contributed by atoms with Crippen LogP contribution in [-0.4, -0.2) is 0 Å². The minimum absolute atomic E-state index is 0.772. The average molecular weight is 535 g/mol. The maximum atomic E-state index is 5.51. The van der Waals surface area contributed by atoms with Crippen LogP contribution in [0.1, 0.15) is 0 Å². The van der Waals surface area contributed by atoms with E-state index < -0.39 is 0 Å². The van der Waals surface area contributed by atoms with Crippen molar-refractivity contribution in [3.8, 4) is 86.5 Å². The van der Waals surface area contributed by atoms with Gasteiger partial charge in [0.05, 0.1) is 0 Å². The summed E-state index contributed by atoms with van der Waals surface area (Å²) in [5.41, 5.74) is 15.6. The van der Waals surface area contributed by atoms with Crippen LogP contribution in [0.15, 0.2) is 127 Å². The van der Waals surface area contributed by atoms with Gasteiger partial charge in [-0.15, -0.1) is 0 Å². The van der Waals surface area contributed by atoms with Crippen molar-refractivity contribution in [2.45, 2.75) is 0 Å². The van der Waals surface area contributed by atoms with E-state index in [1.807, 2.05) is 36.4 Å². The molecule has 0 heterocycles. The number of fused-ring (bicyclic) bond motifs is 3. The first-order valence-corrected chi connectivity index (χ1v) is 13.6. The average Bonchev–Trinajstić information content (AvgIpc) is 3.60. The van der Waals surface area contributed by atoms with Crippen molar-refractivity contribution >= 4 is 17.1 Å². The molecule has 0 aliphatic heterocycles. The zero-order valence-corrected chi connectivity index (χ0v) is 22.7. The lowest BCUT2D eigenvalue weighted by atomic mass is 9.94. The van der Waals surface area contributed by atoms with Crippen LogP contribution in [0, 0.1) is 19.7 Å². The summed E-state index contributed by atoms with van der Waals surface area (Å²) in [7, 11) is 0. The molecule has 3 heteroatoms. The van der Waals surface area contributed by atoms with Gasteiger partial charge in [-0.25, -0.2) is 0 Å². The highest BCUT2D eigenvalue weighted by Gasteiger charge is 2.15. The van der Waals surface area contributed by atoms with E-state index >= 15 is 0 Å². The van der Waals surface area contributed by atoms with Crippen LogP contribution in [-0.2, 0) is 0 Å². The maximum Gasteiger partial charge on any atom is 0.341 e. The van der Waals surface area contributed by atoms with Gasteiger partial charge >= 0.3 is 17.1 Å². The fourth-order valence-corrected chi connectivity index (χ4v) is 5.62. The third kappa shape index (κ3) is 4.51. The van der Waals surface area contributed by atoms with E-state index in [1.165, 1.54) is 0 Å². The van der Waals surface area contributed by atoms with E-state index in [0.717, 1.165) is 83.8 Å². The van der Waals surface area contributed by atoms with Crippen LogP contribution in [0.4, 0.5) is 17.1 Å². The molecule has 1 aromatic carbocycles. The Kier molecular flexibility index (Phi) is 5.95. The molecule has 0 atom stereocenters. The van der Waals surface area contributed by atoms with Gasteiger partial charge in [-0.1, -0.05) is 72.8 Å². The van der Waals surface area contributed by atoms with E-state index in [9.17, 15) is 0 Å². The highest BCUT2D eigenvalue weighted by molar-refractivity contribution is 5.85. The molecule has 7 rings (SSSR count). The highest BCUT2D eigenvalue weighted by atomic mass is 14.6. The monoisotopic (exact) mass is 534 g/mol. The minimum Gasteiger partial charge on any atom is -0.0538 e. The summed E-state index contributed by atoms with van der Waals surface area (Å²) in [6.45, 7) is 16.5. The molecular weight excluding hydrogens is 510 g/mol. The normalized spacial score (nSPS) is 10.8. The molecule has 0 bridgehead atoms. The van der Waals surface area contributed by atoms with E-state index in [0.29, 0.717) is 0 Å². The minimum atomic E-state index is 0.772. The van der Waals surface area contributed by atoms with E-state index in [2.05, 4.69) is 106 Å². The summed E-state index contributed by atoms with van der Waals surface area (Å²) >= 11 is 0. The Balaban J connectivity index is 1.40. The maximum absolute atomic E-state index is 5.51. The Morgan fingerprint density at radius 1 is 0.238 bits per heavy atom. The molecule has 0 saturated carbocycles. The lowest BCUT2D eigenvalue weighted by molar-refractivity contribution is 1.60. The standard InChI is InChI=1S/C39H24N3/c1-40-37-19-28-10-4-25(5-11-29(28)20-37)34-16-35(26-6-12-30-21-38(41-2)22-31(30)13-7-26)18-36(17-34)27-8-14-32-23-39(42-3)24-33(32)15-9-27/h1-24H/q+3. The summed E-state index contributed by atoms with van der Waals surface area (Å²) < 4.78 is 0. The van der Waals surface area contributed by atoms with Crippen molar-refractivity contribution < 1.29 is 0 Å². The Hall–Kier alpha value is -6.21. The summed E-state index contributed by atoms with van der Waals surface area (Å²) in [4.78, 5) is 11.5. The zero-order chi connectivity index (χ0) is 28.6. The Morgan fingerprint density at radius 3 is 0.619 bits per heavy atom. The molecule has 0 aromatic heterocycles. The molecule has 0 amide bonds. The molecule has 0 spiro atoms. The van der Waals surface area contributed by atoms with Crippen LogP contribution in [0.25, 0.3) is 81.3 Å². The zero-order valence-electron chi connectivity index (χ0n) is 22.7. The summed E-state index contributed by atoms with van der Waals surface area (Å²) in [6, 6.07) is 44.4. The van der Waals surface area contributed by atoms with E-state index in [4.69, 9.17) is 19.7 Å². The van der Waals surface area contributed by atoms with Gasteiger partial charge in [0.25, 0.3) is 19.7 Å². The van der Waals surface area contributed by atoms with Gasteiger partial charge in [0.2, 0.25) is 0 Å². The molecule has 3 nitrogen and oxygen atoms in total. The topological polar surface area (TPSA) is 13.1 Å². The molecule has 1 aromatic rings. The second-order valence-corrected chi connectivity index (χ2v) is 10.4. The molecule has 0 N–H and O–H groups in total. The number of hydrogen-bond acceptors (Lipinski definition) is 0. The van der Waals surface area contributed by atoms with Gasteiger partial charge in [-0.3, -0.25) is 0 Å². The van der Waals surface area contributed by atoms with Gasteiger partial charge in [0, 0.05) is 36.4 Å². The predicted octanol–water partition coefficient (Wildman–Crippen LogP) is 11.8. The van der Waals surface area contributed by atoms with Crippen molar-refractivity contribution in [1.82, 2.24) is 0 Å². The number of rotatable bonds is 3. The van der Waals surface area contributed by atoms with Crippen molar-refractivity contribution in [1.29, 1.82) is 0 Å². The fourth-order valence-electron chi connectivity index (χ4n) is 5.62. The van der Waals surface area contributed by atoms with Crippen LogP contribution in [0.2, 0.25) is 0 Å². The highest BCUT2D eigenvalue weighted by Crippen LogP contribution is 2.38. The molecule has 6 aliphatic rings. The van der Waals surface area contributed by atoms with E-state index in [1.54, 1.807) is 0 Å². The lowest BCUT2D eigenvalue weighted by Crippen LogP contribution is -1.84. The Bertz CT molecular complexity index is 1820. The van der Waals surface area contributed by atoms with Crippen LogP contribution < -0.4 is 0 Å². The second-order valence-electron chi connectivity index (χ2n) is 10.4. The first-order valence-electron chi connectivity index (χ1n) is 13.6. The summed E-state index contributed by atoms with van der Waals surface area (Å²) in [5, 5.41) is 0. The Labute approximate surface area is 245 Å². The summed E-state index contributed by atoms with van der Waals surface area (Å²) in [5.74, 6) is 0.